The van der Waals surface area contributed by atoms with Crippen LogP contribution >= 0.6 is 11.8 Å². The summed E-state index contributed by atoms with van der Waals surface area (Å²) in [5.74, 6) is -0.318. The van der Waals surface area contributed by atoms with Gasteiger partial charge < -0.3 is 5.32 Å². The van der Waals surface area contributed by atoms with E-state index in [1.165, 1.54) is 12.1 Å². The minimum atomic E-state index is -3.34. The van der Waals surface area contributed by atoms with Crippen LogP contribution in [0.1, 0.15) is 15.9 Å². The number of aryl methyl sites for hydroxylation is 1. The molecule has 116 valence electrons. The van der Waals surface area contributed by atoms with Crippen molar-refractivity contribution in [3.8, 4) is 0 Å². The van der Waals surface area contributed by atoms with E-state index in [0.717, 1.165) is 16.7 Å². The minimum Gasteiger partial charge on any atom is -0.322 e. The van der Waals surface area contributed by atoms with Crippen LogP contribution in [0, 0.1) is 6.92 Å². The predicted molar refractivity (Wildman–Crippen MR) is 90.5 cm³/mol. The average molecular weight is 335 g/mol. The number of anilines is 1. The fourth-order valence-electron chi connectivity index (χ4n) is 1.98. The van der Waals surface area contributed by atoms with E-state index in [-0.39, 0.29) is 10.8 Å². The molecule has 0 saturated heterocycles. The number of nitrogens with one attached hydrogen (secondary N) is 1. The van der Waals surface area contributed by atoms with E-state index >= 15 is 0 Å². The van der Waals surface area contributed by atoms with Gasteiger partial charge in [0.05, 0.1) is 4.90 Å². The zero-order chi connectivity index (χ0) is 16.3. The summed E-state index contributed by atoms with van der Waals surface area (Å²) in [5.41, 5.74) is 1.77. The first-order chi connectivity index (χ1) is 10.3. The number of carbonyl (C=O) groups excluding carboxylic acids is 1. The third kappa shape index (κ3) is 3.90. The highest BCUT2D eigenvalue weighted by atomic mass is 32.2. The molecule has 2 aromatic rings. The second-order valence-electron chi connectivity index (χ2n) is 4.93. The average Bonchev–Trinajstić information content (AvgIpc) is 2.46. The van der Waals surface area contributed by atoms with Gasteiger partial charge in [-0.1, -0.05) is 12.1 Å². The Labute approximate surface area is 134 Å². The van der Waals surface area contributed by atoms with Gasteiger partial charge >= 0.3 is 0 Å². The standard InChI is InChI=1S/C16H17NO3S2/c1-11-7-8-14(22(3,19)20)10-15(11)16(18)17-12-5-4-6-13(9-12)21-2/h4-10H,1-3H3,(H,17,18). The lowest BCUT2D eigenvalue weighted by atomic mass is 10.1. The zero-order valence-corrected chi connectivity index (χ0v) is 14.2. The van der Waals surface area contributed by atoms with E-state index in [4.69, 9.17) is 0 Å². The molecule has 0 fully saturated rings. The number of benzene rings is 2. The molecule has 0 unspecified atom stereocenters. The van der Waals surface area contributed by atoms with Crippen LogP contribution in [0.2, 0.25) is 0 Å². The maximum absolute atomic E-state index is 12.4. The van der Waals surface area contributed by atoms with E-state index in [1.807, 2.05) is 24.5 Å². The Morgan fingerprint density at radius 3 is 2.50 bits per heavy atom. The summed E-state index contributed by atoms with van der Waals surface area (Å²) in [5, 5.41) is 2.81. The van der Waals surface area contributed by atoms with Gasteiger partial charge in [-0.2, -0.15) is 0 Å². The van der Waals surface area contributed by atoms with Crippen LogP contribution in [0.4, 0.5) is 5.69 Å². The molecular weight excluding hydrogens is 318 g/mol. The number of carbonyl (C=O) groups is 1. The first kappa shape index (κ1) is 16.6. The normalized spacial score (nSPS) is 11.2. The van der Waals surface area contributed by atoms with E-state index in [2.05, 4.69) is 5.32 Å². The molecule has 1 amide bonds. The van der Waals surface area contributed by atoms with Crippen LogP contribution in [0.5, 0.6) is 0 Å². The molecule has 6 heteroatoms. The number of thioether (sulfide) groups is 1. The molecule has 2 rings (SSSR count). The Morgan fingerprint density at radius 1 is 1.14 bits per heavy atom. The van der Waals surface area contributed by atoms with Crippen LogP contribution in [-0.2, 0) is 9.84 Å². The van der Waals surface area contributed by atoms with Crippen LogP contribution in [0.25, 0.3) is 0 Å². The highest BCUT2D eigenvalue weighted by Crippen LogP contribution is 2.21. The maximum Gasteiger partial charge on any atom is 0.255 e. The smallest absolute Gasteiger partial charge is 0.255 e. The lowest BCUT2D eigenvalue weighted by Gasteiger charge is -2.10. The van der Waals surface area contributed by atoms with Crippen LogP contribution in [0.15, 0.2) is 52.3 Å². The van der Waals surface area contributed by atoms with Crippen LogP contribution in [-0.4, -0.2) is 26.8 Å². The predicted octanol–water partition coefficient (Wildman–Crippen LogP) is 3.37. The molecule has 0 bridgehead atoms. The molecule has 0 aliphatic rings. The molecule has 1 N–H and O–H groups in total. The molecule has 0 saturated carbocycles. The van der Waals surface area contributed by atoms with Crippen molar-refractivity contribution < 1.29 is 13.2 Å². The van der Waals surface area contributed by atoms with Crippen LogP contribution < -0.4 is 5.32 Å². The highest BCUT2D eigenvalue weighted by molar-refractivity contribution is 7.98. The molecular formula is C16H17NO3S2. The van der Waals surface area contributed by atoms with E-state index in [1.54, 1.807) is 30.8 Å². The van der Waals surface area contributed by atoms with Crippen LogP contribution in [0.3, 0.4) is 0 Å². The summed E-state index contributed by atoms with van der Waals surface area (Å²) >= 11 is 1.58. The van der Waals surface area contributed by atoms with Crippen molar-refractivity contribution in [3.05, 3.63) is 53.6 Å². The molecule has 0 spiro atoms. The molecule has 4 nitrogen and oxygen atoms in total. The molecule has 22 heavy (non-hydrogen) atoms. The fourth-order valence-corrected chi connectivity index (χ4v) is 3.08. The highest BCUT2D eigenvalue weighted by Gasteiger charge is 2.14. The lowest BCUT2D eigenvalue weighted by Crippen LogP contribution is -2.14. The number of rotatable bonds is 4. The monoisotopic (exact) mass is 335 g/mol. The van der Waals surface area contributed by atoms with Gasteiger partial charge in [0.1, 0.15) is 0 Å². The third-order valence-corrected chi connectivity index (χ3v) is 5.04. The summed E-state index contributed by atoms with van der Waals surface area (Å²) in [7, 11) is -3.34. The fraction of sp³-hybridized carbons (Fsp3) is 0.188. The Bertz CT molecular complexity index is 814. The van der Waals surface area contributed by atoms with Crippen molar-refractivity contribution >= 4 is 33.2 Å². The van der Waals surface area contributed by atoms with Crippen molar-refractivity contribution in [2.75, 3.05) is 17.8 Å². The quantitative estimate of drug-likeness (QED) is 0.870. The molecule has 0 radical (unpaired) electrons. The summed E-state index contributed by atoms with van der Waals surface area (Å²) < 4.78 is 23.3. The summed E-state index contributed by atoms with van der Waals surface area (Å²) in [6, 6.07) is 12.1. The van der Waals surface area contributed by atoms with E-state index < -0.39 is 9.84 Å². The van der Waals surface area contributed by atoms with Crippen molar-refractivity contribution in [1.29, 1.82) is 0 Å². The molecule has 0 aliphatic carbocycles. The van der Waals surface area contributed by atoms with Gasteiger partial charge in [0, 0.05) is 22.4 Å². The Morgan fingerprint density at radius 2 is 1.86 bits per heavy atom. The van der Waals surface area contributed by atoms with Gasteiger partial charge in [-0.15, -0.1) is 11.8 Å². The van der Waals surface area contributed by atoms with Gasteiger partial charge in [0.15, 0.2) is 9.84 Å². The minimum absolute atomic E-state index is 0.140. The van der Waals surface area contributed by atoms with Crippen molar-refractivity contribution in [3.63, 3.8) is 0 Å². The first-order valence-corrected chi connectivity index (χ1v) is 9.69. The van der Waals surface area contributed by atoms with E-state index in [9.17, 15) is 13.2 Å². The molecule has 0 heterocycles. The largest absolute Gasteiger partial charge is 0.322 e. The number of hydrogen-bond donors (Lipinski definition) is 1. The van der Waals surface area contributed by atoms with Crippen molar-refractivity contribution in [1.82, 2.24) is 0 Å². The first-order valence-electron chi connectivity index (χ1n) is 6.57. The lowest BCUT2D eigenvalue weighted by molar-refractivity contribution is 0.102. The number of sulfone groups is 1. The zero-order valence-electron chi connectivity index (χ0n) is 12.6. The Hall–Kier alpha value is -1.79. The SMILES string of the molecule is CSc1cccc(NC(=O)c2cc(S(C)(=O)=O)ccc2C)c1. The third-order valence-electron chi connectivity index (χ3n) is 3.21. The second-order valence-corrected chi connectivity index (χ2v) is 7.83. The number of hydrogen-bond acceptors (Lipinski definition) is 4. The molecule has 0 aromatic heterocycles. The maximum atomic E-state index is 12.4. The van der Waals surface area contributed by atoms with Gasteiger partial charge in [-0.05, 0) is 49.1 Å². The Kier molecular flexibility index (Phi) is 4.93. The second kappa shape index (κ2) is 6.54. The molecule has 2 aromatic carbocycles. The van der Waals surface area contributed by atoms with Gasteiger partial charge in [0.25, 0.3) is 5.91 Å². The van der Waals surface area contributed by atoms with Gasteiger partial charge in [-0.3, -0.25) is 4.79 Å². The molecule has 0 atom stereocenters. The number of amides is 1. The van der Waals surface area contributed by atoms with E-state index in [0.29, 0.717) is 11.3 Å². The van der Waals surface area contributed by atoms with Gasteiger partial charge in [0.2, 0.25) is 0 Å². The Balaban J connectivity index is 2.33. The summed E-state index contributed by atoms with van der Waals surface area (Å²) in [6.45, 7) is 1.78. The summed E-state index contributed by atoms with van der Waals surface area (Å²) in [4.78, 5) is 13.6. The molecule has 0 aliphatic heterocycles. The summed E-state index contributed by atoms with van der Waals surface area (Å²) in [6.07, 6.45) is 3.09. The van der Waals surface area contributed by atoms with Crippen molar-refractivity contribution in [2.45, 2.75) is 16.7 Å². The topological polar surface area (TPSA) is 63.2 Å². The van der Waals surface area contributed by atoms with Gasteiger partial charge in [-0.25, -0.2) is 8.42 Å². The van der Waals surface area contributed by atoms with Crippen molar-refractivity contribution in [2.24, 2.45) is 0 Å².